The maximum absolute atomic E-state index is 13.6. The van der Waals surface area contributed by atoms with Crippen molar-refractivity contribution in [2.45, 2.75) is 13.0 Å². The van der Waals surface area contributed by atoms with Crippen LogP contribution in [0.15, 0.2) is 40.9 Å². The molecule has 0 spiro atoms. The SMILES string of the molecule is O=C(Cc1c(F)cccc1Cl)NCc1cc(F)cc(Br)c1. The number of carbonyl (C=O) groups is 1. The Kier molecular flexibility index (Phi) is 5.31. The van der Waals surface area contributed by atoms with Gasteiger partial charge >= 0.3 is 0 Å². The first-order valence-corrected chi connectivity index (χ1v) is 7.27. The van der Waals surface area contributed by atoms with E-state index in [1.165, 1.54) is 30.3 Å². The lowest BCUT2D eigenvalue weighted by atomic mass is 10.1. The monoisotopic (exact) mass is 373 g/mol. The third-order valence-corrected chi connectivity index (χ3v) is 3.62. The van der Waals surface area contributed by atoms with Crippen molar-refractivity contribution in [2.24, 2.45) is 0 Å². The van der Waals surface area contributed by atoms with Crippen LogP contribution in [-0.2, 0) is 17.8 Å². The van der Waals surface area contributed by atoms with Gasteiger partial charge in [0.15, 0.2) is 0 Å². The van der Waals surface area contributed by atoms with Crippen LogP contribution in [0.3, 0.4) is 0 Å². The van der Waals surface area contributed by atoms with Crippen LogP contribution in [0.2, 0.25) is 5.02 Å². The second-order valence-electron chi connectivity index (χ2n) is 4.43. The molecule has 1 amide bonds. The number of hydrogen-bond acceptors (Lipinski definition) is 1. The lowest BCUT2D eigenvalue weighted by Gasteiger charge is -2.08. The number of hydrogen-bond donors (Lipinski definition) is 1. The minimum absolute atomic E-state index is 0.150. The van der Waals surface area contributed by atoms with Gasteiger partial charge in [-0.05, 0) is 35.9 Å². The highest BCUT2D eigenvalue weighted by molar-refractivity contribution is 9.10. The Morgan fingerprint density at radius 2 is 2.00 bits per heavy atom. The van der Waals surface area contributed by atoms with Crippen molar-refractivity contribution in [3.05, 3.63) is 68.7 Å². The number of carbonyl (C=O) groups excluding carboxylic acids is 1. The second-order valence-corrected chi connectivity index (χ2v) is 5.75. The van der Waals surface area contributed by atoms with Crippen molar-refractivity contribution in [2.75, 3.05) is 0 Å². The molecule has 2 nitrogen and oxygen atoms in total. The molecule has 0 atom stereocenters. The van der Waals surface area contributed by atoms with Gasteiger partial charge in [-0.25, -0.2) is 8.78 Å². The zero-order valence-corrected chi connectivity index (χ0v) is 13.1. The van der Waals surface area contributed by atoms with E-state index in [1.807, 2.05) is 0 Å². The highest BCUT2D eigenvalue weighted by Crippen LogP contribution is 2.19. The van der Waals surface area contributed by atoms with Gasteiger partial charge in [0, 0.05) is 21.6 Å². The number of amides is 1. The van der Waals surface area contributed by atoms with Crippen LogP contribution in [0.1, 0.15) is 11.1 Å². The van der Waals surface area contributed by atoms with Gasteiger partial charge in [0.05, 0.1) is 6.42 Å². The summed E-state index contributed by atoms with van der Waals surface area (Å²) in [6.07, 6.45) is -0.165. The van der Waals surface area contributed by atoms with Crippen molar-refractivity contribution >= 4 is 33.4 Å². The molecule has 0 fully saturated rings. The Labute approximate surface area is 134 Å². The number of rotatable bonds is 4. The Morgan fingerprint density at radius 1 is 1.24 bits per heavy atom. The maximum atomic E-state index is 13.6. The summed E-state index contributed by atoms with van der Waals surface area (Å²) in [6.45, 7) is 0.154. The van der Waals surface area contributed by atoms with Crippen molar-refractivity contribution in [3.8, 4) is 0 Å². The fraction of sp³-hybridized carbons (Fsp3) is 0.133. The summed E-state index contributed by atoms with van der Waals surface area (Å²) in [6, 6.07) is 8.59. The number of benzene rings is 2. The number of nitrogens with one attached hydrogen (secondary N) is 1. The van der Waals surface area contributed by atoms with Crippen LogP contribution in [0, 0.1) is 11.6 Å². The van der Waals surface area contributed by atoms with Crippen LogP contribution in [0.25, 0.3) is 0 Å². The van der Waals surface area contributed by atoms with Gasteiger partial charge in [0.2, 0.25) is 5.91 Å². The second kappa shape index (κ2) is 7.00. The van der Waals surface area contributed by atoms with Crippen molar-refractivity contribution < 1.29 is 13.6 Å². The van der Waals surface area contributed by atoms with E-state index in [9.17, 15) is 13.6 Å². The predicted molar refractivity (Wildman–Crippen MR) is 81.1 cm³/mol. The van der Waals surface area contributed by atoms with E-state index < -0.39 is 11.6 Å². The summed E-state index contributed by atoms with van der Waals surface area (Å²) in [5.74, 6) is -1.31. The molecule has 0 saturated heterocycles. The molecule has 2 aromatic carbocycles. The van der Waals surface area contributed by atoms with Crippen molar-refractivity contribution in [1.82, 2.24) is 5.32 Å². The zero-order chi connectivity index (χ0) is 15.4. The molecule has 0 aliphatic carbocycles. The molecule has 0 radical (unpaired) electrons. The Balaban J connectivity index is 1.99. The standard InChI is InChI=1S/C15H11BrClF2NO/c16-10-4-9(5-11(18)6-10)8-20-15(21)7-12-13(17)2-1-3-14(12)19/h1-6H,7-8H2,(H,20,21). The summed E-state index contributed by atoms with van der Waals surface area (Å²) < 4.78 is 27.3. The van der Waals surface area contributed by atoms with Crippen LogP contribution in [0.5, 0.6) is 0 Å². The summed E-state index contributed by atoms with van der Waals surface area (Å²) in [5.41, 5.74) is 0.756. The van der Waals surface area contributed by atoms with Gasteiger partial charge in [-0.1, -0.05) is 33.6 Å². The molecule has 0 aliphatic rings. The molecule has 21 heavy (non-hydrogen) atoms. The fourth-order valence-electron chi connectivity index (χ4n) is 1.84. The van der Waals surface area contributed by atoms with Gasteiger partial charge in [-0.2, -0.15) is 0 Å². The summed E-state index contributed by atoms with van der Waals surface area (Å²) >= 11 is 9.03. The third-order valence-electron chi connectivity index (χ3n) is 2.81. The molecule has 2 rings (SSSR count). The van der Waals surface area contributed by atoms with E-state index >= 15 is 0 Å². The van der Waals surface area contributed by atoms with E-state index in [1.54, 1.807) is 6.07 Å². The maximum Gasteiger partial charge on any atom is 0.224 e. The molecule has 1 N–H and O–H groups in total. The first kappa shape index (κ1) is 15.9. The van der Waals surface area contributed by atoms with E-state index in [4.69, 9.17) is 11.6 Å². The normalized spacial score (nSPS) is 10.5. The molecular formula is C15H11BrClF2NO. The van der Waals surface area contributed by atoms with E-state index in [0.29, 0.717) is 10.0 Å². The van der Waals surface area contributed by atoms with Crippen molar-refractivity contribution in [1.29, 1.82) is 0 Å². The molecule has 0 aromatic heterocycles. The quantitative estimate of drug-likeness (QED) is 0.852. The van der Waals surface area contributed by atoms with E-state index in [0.717, 1.165) is 0 Å². The Hall–Kier alpha value is -1.46. The van der Waals surface area contributed by atoms with Gasteiger partial charge < -0.3 is 5.32 Å². The smallest absolute Gasteiger partial charge is 0.224 e. The molecule has 110 valence electrons. The summed E-state index contributed by atoms with van der Waals surface area (Å²) in [7, 11) is 0. The Bertz CT molecular complexity index is 638. The average Bonchev–Trinajstić information content (AvgIpc) is 2.40. The van der Waals surface area contributed by atoms with E-state index in [2.05, 4.69) is 21.2 Å². The molecule has 6 heteroatoms. The molecule has 0 bridgehead atoms. The molecule has 2 aromatic rings. The van der Waals surface area contributed by atoms with Gasteiger partial charge in [0.25, 0.3) is 0 Å². The lowest BCUT2D eigenvalue weighted by Crippen LogP contribution is -2.25. The number of halogens is 4. The molecule has 0 saturated carbocycles. The third kappa shape index (κ3) is 4.51. The largest absolute Gasteiger partial charge is 0.352 e. The van der Waals surface area contributed by atoms with Crippen molar-refractivity contribution in [3.63, 3.8) is 0 Å². The zero-order valence-electron chi connectivity index (χ0n) is 10.8. The first-order chi connectivity index (χ1) is 9.95. The molecule has 0 aliphatic heterocycles. The lowest BCUT2D eigenvalue weighted by molar-refractivity contribution is -0.120. The van der Waals surface area contributed by atoms with Gasteiger partial charge in [-0.15, -0.1) is 0 Å². The highest BCUT2D eigenvalue weighted by Gasteiger charge is 2.11. The molecular weight excluding hydrogens is 364 g/mol. The van der Waals surface area contributed by atoms with E-state index in [-0.39, 0.29) is 29.5 Å². The topological polar surface area (TPSA) is 29.1 Å². The molecule has 0 heterocycles. The van der Waals surface area contributed by atoms with Gasteiger partial charge in [0.1, 0.15) is 11.6 Å². The predicted octanol–water partition coefficient (Wildman–Crippen LogP) is 4.24. The van der Waals surface area contributed by atoms with Crippen LogP contribution < -0.4 is 5.32 Å². The minimum Gasteiger partial charge on any atom is -0.352 e. The minimum atomic E-state index is -0.522. The van der Waals surface area contributed by atoms with Crippen LogP contribution in [-0.4, -0.2) is 5.91 Å². The summed E-state index contributed by atoms with van der Waals surface area (Å²) in [5, 5.41) is 2.81. The molecule has 0 unspecified atom stereocenters. The Morgan fingerprint density at radius 3 is 2.67 bits per heavy atom. The first-order valence-electron chi connectivity index (χ1n) is 6.10. The average molecular weight is 375 g/mol. The van der Waals surface area contributed by atoms with Crippen LogP contribution in [0.4, 0.5) is 8.78 Å². The summed E-state index contributed by atoms with van der Waals surface area (Å²) in [4.78, 5) is 11.8. The highest BCUT2D eigenvalue weighted by atomic mass is 79.9. The fourth-order valence-corrected chi connectivity index (χ4v) is 2.58. The van der Waals surface area contributed by atoms with Crippen LogP contribution >= 0.6 is 27.5 Å². The van der Waals surface area contributed by atoms with Gasteiger partial charge in [-0.3, -0.25) is 4.79 Å².